The quantitative estimate of drug-likeness (QED) is 0.569. The minimum Gasteiger partial charge on any atom is -0.0683 e. The van der Waals surface area contributed by atoms with Gasteiger partial charge in [0.2, 0.25) is 0 Å². The fraction of sp³-hybridized carbons (Fsp3) is 0.647. The van der Waals surface area contributed by atoms with Crippen LogP contribution < -0.4 is 0 Å². The molecule has 0 N–H and O–H groups in total. The fourth-order valence-electron chi connectivity index (χ4n) is 2.08. The first-order valence-electron chi connectivity index (χ1n) is 7.40. The van der Waals surface area contributed by atoms with Crippen LogP contribution in [0.25, 0.3) is 0 Å². The summed E-state index contributed by atoms with van der Waals surface area (Å²) in [5.74, 6) is 0.774. The Hall–Kier alpha value is -0.780. The van der Waals surface area contributed by atoms with Crippen molar-refractivity contribution in [1.29, 1.82) is 0 Å². The monoisotopic (exact) mass is 234 g/mol. The van der Waals surface area contributed by atoms with E-state index in [-0.39, 0.29) is 0 Å². The molecule has 0 bridgehead atoms. The highest BCUT2D eigenvalue weighted by Crippen LogP contribution is 2.25. The van der Waals surface area contributed by atoms with E-state index in [1.165, 1.54) is 36.8 Å². The Bertz CT molecular complexity index is 258. The van der Waals surface area contributed by atoms with E-state index < -0.39 is 0 Å². The zero-order valence-electron chi connectivity index (χ0n) is 12.4. The van der Waals surface area contributed by atoms with E-state index in [2.05, 4.69) is 45.0 Å². The van der Waals surface area contributed by atoms with E-state index in [4.69, 9.17) is 0 Å². The predicted octanol–water partition coefficient (Wildman–Crippen LogP) is 5.96. The highest BCUT2D eigenvalue weighted by Gasteiger charge is 2.07. The minimum absolute atomic E-state index is 0.774. The largest absolute Gasteiger partial charge is 0.0683 e. The molecular formula is C17H30. The van der Waals surface area contributed by atoms with Crippen LogP contribution in [0.5, 0.6) is 0 Å². The highest BCUT2D eigenvalue weighted by molar-refractivity contribution is 5.25. The van der Waals surface area contributed by atoms with Crippen molar-refractivity contribution in [2.75, 3.05) is 0 Å². The molecule has 1 atom stereocenters. The van der Waals surface area contributed by atoms with E-state index >= 15 is 0 Å². The molecule has 1 unspecified atom stereocenters. The summed E-state index contributed by atoms with van der Waals surface area (Å²) in [6.07, 6.45) is 6.42. The summed E-state index contributed by atoms with van der Waals surface area (Å²) in [4.78, 5) is 0. The van der Waals surface area contributed by atoms with Gasteiger partial charge < -0.3 is 0 Å². The lowest BCUT2D eigenvalue weighted by molar-refractivity contribution is 0.569. The molecule has 1 aromatic rings. The highest BCUT2D eigenvalue weighted by atomic mass is 14.1. The third-order valence-corrected chi connectivity index (χ3v) is 3.26. The minimum atomic E-state index is 0.774. The van der Waals surface area contributed by atoms with Crippen molar-refractivity contribution in [3.63, 3.8) is 0 Å². The molecule has 0 saturated heterocycles. The Morgan fingerprint density at radius 2 is 1.53 bits per heavy atom. The van der Waals surface area contributed by atoms with Gasteiger partial charge in [-0.15, -0.1) is 0 Å². The molecule has 1 aromatic carbocycles. The molecular weight excluding hydrogens is 204 g/mol. The van der Waals surface area contributed by atoms with Crippen LogP contribution in [0.1, 0.15) is 77.3 Å². The third kappa shape index (κ3) is 5.91. The summed E-state index contributed by atoms with van der Waals surface area (Å²) in [6, 6.07) is 9.21. The van der Waals surface area contributed by atoms with Crippen LogP contribution in [0, 0.1) is 0 Å². The molecule has 0 saturated carbocycles. The van der Waals surface area contributed by atoms with Gasteiger partial charge in [-0.3, -0.25) is 0 Å². The molecule has 0 aliphatic carbocycles. The first kappa shape index (κ1) is 16.2. The van der Waals surface area contributed by atoms with Gasteiger partial charge >= 0.3 is 0 Å². The van der Waals surface area contributed by atoms with Crippen LogP contribution in [-0.2, 0) is 6.42 Å². The van der Waals surface area contributed by atoms with Crippen LogP contribution in [0.2, 0.25) is 0 Å². The van der Waals surface area contributed by atoms with Crippen molar-refractivity contribution in [1.82, 2.24) is 0 Å². The SMILES string of the molecule is CC.CCCCC(CC)c1ccc(CC)cc1. The first-order chi connectivity index (χ1) is 8.31. The topological polar surface area (TPSA) is 0 Å². The maximum Gasteiger partial charge on any atom is -0.0165 e. The predicted molar refractivity (Wildman–Crippen MR) is 79.7 cm³/mol. The maximum atomic E-state index is 2.32. The standard InChI is InChI=1S/C15H24.C2H6/c1-4-7-8-14(6-3)15-11-9-13(5-2)10-12-15;1-2/h9-12,14H,4-8H2,1-3H3;1-2H3. The van der Waals surface area contributed by atoms with Gasteiger partial charge in [0.1, 0.15) is 0 Å². The van der Waals surface area contributed by atoms with Gasteiger partial charge in [-0.1, -0.05) is 71.7 Å². The van der Waals surface area contributed by atoms with Crippen LogP contribution in [0.4, 0.5) is 0 Å². The average Bonchev–Trinajstić information content (AvgIpc) is 2.42. The molecule has 0 heterocycles. The number of unbranched alkanes of at least 4 members (excludes halogenated alkanes) is 1. The van der Waals surface area contributed by atoms with Crippen LogP contribution in [-0.4, -0.2) is 0 Å². The zero-order valence-corrected chi connectivity index (χ0v) is 12.4. The van der Waals surface area contributed by atoms with Crippen molar-refractivity contribution in [2.45, 2.75) is 72.6 Å². The van der Waals surface area contributed by atoms with Gasteiger partial charge in [-0.2, -0.15) is 0 Å². The van der Waals surface area contributed by atoms with Crippen molar-refractivity contribution in [3.05, 3.63) is 35.4 Å². The second kappa shape index (κ2) is 10.4. The Balaban J connectivity index is 0.00000121. The zero-order chi connectivity index (χ0) is 13.1. The van der Waals surface area contributed by atoms with Crippen molar-refractivity contribution < 1.29 is 0 Å². The van der Waals surface area contributed by atoms with E-state index in [0.717, 1.165) is 12.3 Å². The Morgan fingerprint density at radius 3 is 1.94 bits per heavy atom. The summed E-state index contributed by atoms with van der Waals surface area (Å²) in [7, 11) is 0. The average molecular weight is 234 g/mol. The lowest BCUT2D eigenvalue weighted by Gasteiger charge is -2.15. The molecule has 0 aromatic heterocycles. The van der Waals surface area contributed by atoms with Crippen LogP contribution in [0.3, 0.4) is 0 Å². The number of hydrogen-bond acceptors (Lipinski definition) is 0. The van der Waals surface area contributed by atoms with Gasteiger partial charge in [0.25, 0.3) is 0 Å². The van der Waals surface area contributed by atoms with Crippen LogP contribution >= 0.6 is 0 Å². The molecule has 0 nitrogen and oxygen atoms in total. The number of hydrogen-bond donors (Lipinski definition) is 0. The fourth-order valence-corrected chi connectivity index (χ4v) is 2.08. The summed E-state index contributed by atoms with van der Waals surface area (Å²) >= 11 is 0. The third-order valence-electron chi connectivity index (χ3n) is 3.26. The molecule has 0 aliphatic heterocycles. The van der Waals surface area contributed by atoms with E-state index in [0.29, 0.717) is 0 Å². The Labute approximate surface area is 108 Å². The molecule has 0 amide bonds. The molecule has 0 spiro atoms. The normalized spacial score (nSPS) is 11.6. The second-order valence-corrected chi connectivity index (χ2v) is 4.34. The lowest BCUT2D eigenvalue weighted by atomic mass is 9.91. The molecule has 17 heavy (non-hydrogen) atoms. The summed E-state index contributed by atoms with van der Waals surface area (Å²) in [6.45, 7) is 10.8. The first-order valence-corrected chi connectivity index (χ1v) is 7.40. The van der Waals surface area contributed by atoms with Gasteiger partial charge in [-0.25, -0.2) is 0 Å². The van der Waals surface area contributed by atoms with Gasteiger partial charge in [0.05, 0.1) is 0 Å². The van der Waals surface area contributed by atoms with E-state index in [9.17, 15) is 0 Å². The molecule has 0 radical (unpaired) electrons. The molecule has 0 fully saturated rings. The smallest absolute Gasteiger partial charge is 0.0165 e. The van der Waals surface area contributed by atoms with Gasteiger partial charge in [0, 0.05) is 0 Å². The summed E-state index contributed by atoms with van der Waals surface area (Å²) < 4.78 is 0. The Kier molecular flexibility index (Phi) is 9.90. The van der Waals surface area contributed by atoms with Crippen molar-refractivity contribution in [2.24, 2.45) is 0 Å². The van der Waals surface area contributed by atoms with E-state index in [1.807, 2.05) is 13.8 Å². The molecule has 0 heteroatoms. The van der Waals surface area contributed by atoms with Gasteiger partial charge in [-0.05, 0) is 36.3 Å². The molecule has 0 aliphatic rings. The Morgan fingerprint density at radius 1 is 0.941 bits per heavy atom. The number of benzene rings is 1. The second-order valence-electron chi connectivity index (χ2n) is 4.34. The maximum absolute atomic E-state index is 2.32. The van der Waals surface area contributed by atoms with Gasteiger partial charge in [0.15, 0.2) is 0 Å². The number of aryl methyl sites for hydroxylation is 1. The van der Waals surface area contributed by atoms with E-state index in [1.54, 1.807) is 0 Å². The van der Waals surface area contributed by atoms with Crippen LogP contribution in [0.15, 0.2) is 24.3 Å². The molecule has 1 rings (SSSR count). The summed E-state index contributed by atoms with van der Waals surface area (Å²) in [5.41, 5.74) is 2.98. The molecule has 98 valence electrons. The van der Waals surface area contributed by atoms with Crippen molar-refractivity contribution in [3.8, 4) is 0 Å². The van der Waals surface area contributed by atoms with Crippen molar-refractivity contribution >= 4 is 0 Å². The number of rotatable bonds is 6. The lowest BCUT2D eigenvalue weighted by Crippen LogP contribution is -1.97. The summed E-state index contributed by atoms with van der Waals surface area (Å²) in [5, 5.41) is 0.